The lowest BCUT2D eigenvalue weighted by Gasteiger charge is -1.98. The molecule has 0 bridgehead atoms. The Bertz CT molecular complexity index is 370. The lowest BCUT2D eigenvalue weighted by atomic mass is 10.5. The number of aromatic nitrogens is 4. The van der Waals surface area contributed by atoms with Crippen LogP contribution in [0.25, 0.3) is 0 Å². The van der Waals surface area contributed by atoms with E-state index in [2.05, 4.69) is 19.9 Å². The molecule has 0 aliphatic carbocycles. The van der Waals surface area contributed by atoms with E-state index in [0.29, 0.717) is 0 Å². The quantitative estimate of drug-likeness (QED) is 0.469. The molecule has 2 aromatic rings. The molecule has 0 N–H and O–H groups in total. The predicted octanol–water partition coefficient (Wildman–Crippen LogP) is 2.86. The van der Waals surface area contributed by atoms with Gasteiger partial charge in [-0.3, -0.25) is 9.97 Å². The monoisotopic (exact) mass is 268 g/mol. The molecule has 0 unspecified atom stereocenters. The van der Waals surface area contributed by atoms with Crippen molar-refractivity contribution in [2.24, 2.45) is 0 Å². The van der Waals surface area contributed by atoms with Crippen molar-refractivity contribution in [1.29, 1.82) is 0 Å². The predicted molar refractivity (Wildman–Crippen MR) is 68.8 cm³/mol. The van der Waals surface area contributed by atoms with Crippen molar-refractivity contribution in [3.8, 4) is 0 Å². The van der Waals surface area contributed by atoms with Gasteiger partial charge in [-0.15, -0.1) is 0 Å². The second-order valence-electron chi connectivity index (χ2n) is 2.64. The molecule has 0 radical (unpaired) electrons. The average molecular weight is 268 g/mol. The van der Waals surface area contributed by atoms with Crippen LogP contribution in [0, 0.1) is 0 Å². The van der Waals surface area contributed by atoms with Crippen molar-refractivity contribution in [2.45, 2.75) is 10.9 Å². The molecular weight excluding hydrogens is 260 g/mol. The Balaban J connectivity index is 1.70. The minimum atomic E-state index is 0.777. The highest BCUT2D eigenvalue weighted by Crippen LogP contribution is 2.39. The van der Waals surface area contributed by atoms with E-state index in [1.54, 1.807) is 68.5 Å². The lowest BCUT2D eigenvalue weighted by molar-refractivity contribution is 0.973. The van der Waals surface area contributed by atoms with E-state index in [0.717, 1.165) is 16.6 Å². The largest absolute Gasteiger partial charge is 0.261 e. The molecule has 0 atom stereocenters. The first-order valence-electron chi connectivity index (χ1n) is 4.43. The topological polar surface area (TPSA) is 51.6 Å². The van der Waals surface area contributed by atoms with E-state index >= 15 is 0 Å². The maximum Gasteiger partial charge on any atom is 0.199 e. The molecule has 7 heteroatoms. The summed E-state index contributed by atoms with van der Waals surface area (Å²) in [6, 6.07) is 1.81. The molecule has 0 aromatic carbocycles. The van der Waals surface area contributed by atoms with Gasteiger partial charge in [-0.25, -0.2) is 9.97 Å². The summed E-state index contributed by atoms with van der Waals surface area (Å²) in [5.41, 5.74) is 0.981. The Morgan fingerprint density at radius 2 is 1.88 bits per heavy atom. The summed E-state index contributed by atoms with van der Waals surface area (Å²) < 4.78 is 0. The molecule has 82 valence electrons. The maximum absolute atomic E-state index is 4.19. The van der Waals surface area contributed by atoms with E-state index < -0.39 is 0 Å². The molecule has 0 aliphatic rings. The molecule has 0 fully saturated rings. The van der Waals surface area contributed by atoms with Gasteiger partial charge in [-0.1, -0.05) is 10.8 Å². The summed E-state index contributed by atoms with van der Waals surface area (Å²) in [7, 11) is 4.89. The number of nitrogens with zero attached hydrogens (tertiary/aromatic N) is 4. The first-order valence-corrected chi connectivity index (χ1v) is 8.08. The molecule has 2 rings (SSSR count). The highest BCUT2D eigenvalue weighted by Gasteiger charge is 1.99. The minimum Gasteiger partial charge on any atom is -0.261 e. The normalized spacial score (nSPS) is 10.2. The molecule has 2 heterocycles. The van der Waals surface area contributed by atoms with Crippen LogP contribution in [-0.2, 0) is 5.75 Å². The van der Waals surface area contributed by atoms with Crippen molar-refractivity contribution in [1.82, 2.24) is 19.9 Å². The third-order valence-electron chi connectivity index (χ3n) is 1.52. The van der Waals surface area contributed by atoms with Crippen LogP contribution < -0.4 is 0 Å². The van der Waals surface area contributed by atoms with Crippen molar-refractivity contribution in [2.75, 3.05) is 0 Å². The Kier molecular flexibility index (Phi) is 4.91. The third-order valence-corrected chi connectivity index (χ3v) is 5.23. The summed E-state index contributed by atoms with van der Waals surface area (Å²) in [6.45, 7) is 0. The zero-order valence-corrected chi connectivity index (χ0v) is 10.6. The SMILES string of the molecule is c1cnc(SSSCc2cnccn2)nc1. The summed E-state index contributed by atoms with van der Waals surface area (Å²) in [4.78, 5) is 16.4. The zero-order valence-electron chi connectivity index (χ0n) is 8.18. The zero-order chi connectivity index (χ0) is 11.1. The van der Waals surface area contributed by atoms with Crippen LogP contribution in [0.15, 0.2) is 42.2 Å². The Morgan fingerprint density at radius 3 is 2.62 bits per heavy atom. The summed E-state index contributed by atoms with van der Waals surface area (Å²) in [5.74, 6) is 0.832. The second kappa shape index (κ2) is 6.72. The molecule has 0 aliphatic heterocycles. The number of hydrogen-bond acceptors (Lipinski definition) is 7. The summed E-state index contributed by atoms with van der Waals surface area (Å²) in [6.07, 6.45) is 8.63. The first-order chi connectivity index (χ1) is 7.95. The van der Waals surface area contributed by atoms with Crippen LogP contribution in [0.5, 0.6) is 0 Å². The Labute approximate surface area is 105 Å². The van der Waals surface area contributed by atoms with Crippen LogP contribution in [-0.4, -0.2) is 19.9 Å². The van der Waals surface area contributed by atoms with Crippen molar-refractivity contribution in [3.63, 3.8) is 0 Å². The minimum absolute atomic E-state index is 0.777. The van der Waals surface area contributed by atoms with Gasteiger partial charge in [-0.2, -0.15) is 0 Å². The van der Waals surface area contributed by atoms with Crippen LogP contribution in [0.2, 0.25) is 0 Å². The molecular formula is C9H8N4S3. The van der Waals surface area contributed by atoms with E-state index in [4.69, 9.17) is 0 Å². The van der Waals surface area contributed by atoms with Crippen LogP contribution >= 0.6 is 31.4 Å². The van der Waals surface area contributed by atoms with E-state index in [-0.39, 0.29) is 0 Å². The fraction of sp³-hybridized carbons (Fsp3) is 0.111. The van der Waals surface area contributed by atoms with E-state index in [1.165, 1.54) is 0 Å². The molecule has 16 heavy (non-hydrogen) atoms. The van der Waals surface area contributed by atoms with Crippen LogP contribution in [0.1, 0.15) is 5.69 Å². The van der Waals surface area contributed by atoms with Gasteiger partial charge >= 0.3 is 0 Å². The average Bonchev–Trinajstić information content (AvgIpc) is 2.37. The Morgan fingerprint density at radius 1 is 1.00 bits per heavy atom. The third kappa shape index (κ3) is 3.99. The van der Waals surface area contributed by atoms with Gasteiger partial charge in [0.05, 0.1) is 5.69 Å². The van der Waals surface area contributed by atoms with Crippen molar-refractivity contribution >= 4 is 31.4 Å². The Hall–Kier alpha value is -0.790. The highest BCUT2D eigenvalue weighted by molar-refractivity contribution is 9.09. The van der Waals surface area contributed by atoms with Crippen LogP contribution in [0.4, 0.5) is 0 Å². The number of hydrogen-bond donors (Lipinski definition) is 0. The van der Waals surface area contributed by atoms with Gasteiger partial charge in [0.2, 0.25) is 0 Å². The van der Waals surface area contributed by atoms with Crippen molar-refractivity contribution < 1.29 is 0 Å². The van der Waals surface area contributed by atoms with Gasteiger partial charge in [0.25, 0.3) is 0 Å². The summed E-state index contributed by atoms with van der Waals surface area (Å²) in [5, 5.41) is 0.777. The highest BCUT2D eigenvalue weighted by atomic mass is 33.5. The molecule has 0 amide bonds. The smallest absolute Gasteiger partial charge is 0.199 e. The van der Waals surface area contributed by atoms with E-state index in [1.807, 2.05) is 0 Å². The second-order valence-corrected chi connectivity index (χ2v) is 6.67. The molecule has 2 aromatic heterocycles. The van der Waals surface area contributed by atoms with Gasteiger partial charge in [-0.05, 0) is 26.7 Å². The van der Waals surface area contributed by atoms with Gasteiger partial charge < -0.3 is 0 Å². The van der Waals surface area contributed by atoms with Crippen LogP contribution in [0.3, 0.4) is 0 Å². The molecule has 4 nitrogen and oxygen atoms in total. The fourth-order valence-corrected chi connectivity index (χ4v) is 4.01. The molecule has 0 saturated carbocycles. The lowest BCUT2D eigenvalue weighted by Crippen LogP contribution is -1.85. The van der Waals surface area contributed by atoms with Gasteiger partial charge in [0.1, 0.15) is 0 Å². The van der Waals surface area contributed by atoms with Crippen molar-refractivity contribution in [3.05, 3.63) is 42.7 Å². The molecule has 0 saturated heterocycles. The molecule has 0 spiro atoms. The van der Waals surface area contributed by atoms with Gasteiger partial charge in [0.15, 0.2) is 5.16 Å². The fourth-order valence-electron chi connectivity index (χ4n) is 0.872. The van der Waals surface area contributed by atoms with E-state index in [9.17, 15) is 0 Å². The standard InChI is InChI=1S/C9H8N4S3/c1-2-12-9(13-3-1)15-16-14-7-8-6-10-4-5-11-8/h1-6H,7H2. The van der Waals surface area contributed by atoms with Gasteiger partial charge in [0, 0.05) is 36.7 Å². The first kappa shape index (κ1) is 11.7. The number of rotatable bonds is 5. The summed E-state index contributed by atoms with van der Waals surface area (Å²) >= 11 is 0. The maximum atomic E-state index is 4.19.